The second-order valence-electron chi connectivity index (χ2n) is 7.46. The summed E-state index contributed by atoms with van der Waals surface area (Å²) in [4.78, 5) is 2.52. The number of rotatable bonds is 8. The van der Waals surface area contributed by atoms with Gasteiger partial charge in [-0.05, 0) is 60.9 Å². The van der Waals surface area contributed by atoms with Crippen molar-refractivity contribution >= 4 is 5.69 Å². The van der Waals surface area contributed by atoms with Crippen molar-refractivity contribution in [3.05, 3.63) is 54.1 Å². The number of anilines is 1. The lowest BCUT2D eigenvalue weighted by Gasteiger charge is -2.28. The number of benzene rings is 2. The molecule has 0 N–H and O–H groups in total. The van der Waals surface area contributed by atoms with E-state index in [1.165, 1.54) is 93.3 Å². The molecule has 0 aromatic heterocycles. The topological polar surface area (TPSA) is 3.24 Å². The summed E-state index contributed by atoms with van der Waals surface area (Å²) in [5.74, 6) is 0. The Kier molecular flexibility index (Phi) is 6.97. The van der Waals surface area contributed by atoms with Crippen molar-refractivity contribution in [2.24, 2.45) is 0 Å². The fourth-order valence-corrected chi connectivity index (χ4v) is 3.81. The van der Waals surface area contributed by atoms with Gasteiger partial charge < -0.3 is 4.90 Å². The molecule has 1 saturated heterocycles. The molecule has 1 nitrogen and oxygen atoms in total. The Morgan fingerprint density at radius 3 is 1.92 bits per heavy atom. The molecule has 3 rings (SSSR count). The first kappa shape index (κ1) is 18.0. The number of unbranched alkanes of at least 4 members (excludes halogenated alkanes) is 4. The van der Waals surface area contributed by atoms with Crippen molar-refractivity contribution in [1.82, 2.24) is 0 Å². The number of hydrogen-bond donors (Lipinski definition) is 0. The lowest BCUT2D eigenvalue weighted by atomic mass is 10.0. The van der Waals surface area contributed by atoms with Crippen LogP contribution >= 0.6 is 0 Å². The normalized spacial score (nSPS) is 14.7. The summed E-state index contributed by atoms with van der Waals surface area (Å²) in [6.45, 7) is 4.70. The van der Waals surface area contributed by atoms with E-state index in [1.807, 2.05) is 0 Å². The van der Waals surface area contributed by atoms with Gasteiger partial charge in [-0.3, -0.25) is 0 Å². The Hall–Kier alpha value is -1.76. The average Bonchev–Trinajstić information content (AvgIpc) is 2.69. The minimum Gasteiger partial charge on any atom is -0.372 e. The van der Waals surface area contributed by atoms with Crippen molar-refractivity contribution in [1.29, 1.82) is 0 Å². The molecule has 0 radical (unpaired) electrons. The van der Waals surface area contributed by atoms with Gasteiger partial charge in [-0.1, -0.05) is 69.0 Å². The van der Waals surface area contributed by atoms with Gasteiger partial charge >= 0.3 is 0 Å². The fourth-order valence-electron chi connectivity index (χ4n) is 3.81. The monoisotopic (exact) mass is 335 g/mol. The first-order chi connectivity index (χ1) is 12.4. The molecule has 0 aliphatic carbocycles. The molecular weight excluding hydrogens is 302 g/mol. The maximum absolute atomic E-state index is 2.52. The molecule has 25 heavy (non-hydrogen) atoms. The van der Waals surface area contributed by atoms with Gasteiger partial charge in [-0.2, -0.15) is 0 Å². The lowest BCUT2D eigenvalue weighted by Crippen LogP contribution is -2.29. The Bertz CT molecular complexity index is 606. The molecule has 0 atom stereocenters. The maximum Gasteiger partial charge on any atom is 0.0366 e. The van der Waals surface area contributed by atoms with E-state index in [0.29, 0.717) is 0 Å². The standard InChI is InChI=1S/C24H33N/c1-2-3-4-5-7-10-21-11-13-22(14-12-21)23-15-17-24(18-16-23)25-19-8-6-9-20-25/h11-18H,2-10,19-20H2,1H3. The van der Waals surface area contributed by atoms with Crippen molar-refractivity contribution in [2.75, 3.05) is 18.0 Å². The van der Waals surface area contributed by atoms with Crippen LogP contribution in [0.15, 0.2) is 48.5 Å². The van der Waals surface area contributed by atoms with Gasteiger partial charge in [0.25, 0.3) is 0 Å². The second kappa shape index (κ2) is 9.65. The zero-order valence-electron chi connectivity index (χ0n) is 15.8. The second-order valence-corrected chi connectivity index (χ2v) is 7.46. The van der Waals surface area contributed by atoms with Crippen LogP contribution in [0.25, 0.3) is 11.1 Å². The van der Waals surface area contributed by atoms with E-state index in [0.717, 1.165) is 0 Å². The molecule has 1 heterocycles. The fraction of sp³-hybridized carbons (Fsp3) is 0.500. The third-order valence-corrected chi connectivity index (χ3v) is 5.44. The largest absolute Gasteiger partial charge is 0.372 e. The summed E-state index contributed by atoms with van der Waals surface area (Å²) in [6.07, 6.45) is 12.1. The van der Waals surface area contributed by atoms with Gasteiger partial charge in [-0.25, -0.2) is 0 Å². The summed E-state index contributed by atoms with van der Waals surface area (Å²) in [5.41, 5.74) is 5.52. The van der Waals surface area contributed by atoms with Crippen molar-refractivity contribution in [2.45, 2.75) is 64.7 Å². The van der Waals surface area contributed by atoms with Gasteiger partial charge in [0.05, 0.1) is 0 Å². The highest BCUT2D eigenvalue weighted by Gasteiger charge is 2.10. The molecular formula is C24H33N. The van der Waals surface area contributed by atoms with Crippen LogP contribution in [0.4, 0.5) is 5.69 Å². The highest BCUT2D eigenvalue weighted by molar-refractivity contribution is 5.66. The van der Waals surface area contributed by atoms with Crippen LogP contribution in [0.5, 0.6) is 0 Å². The van der Waals surface area contributed by atoms with E-state index in [-0.39, 0.29) is 0 Å². The van der Waals surface area contributed by atoms with Crippen LogP contribution in [-0.4, -0.2) is 13.1 Å². The summed E-state index contributed by atoms with van der Waals surface area (Å²) in [7, 11) is 0. The predicted molar refractivity (Wildman–Crippen MR) is 110 cm³/mol. The number of aryl methyl sites for hydroxylation is 1. The van der Waals surface area contributed by atoms with Gasteiger partial charge in [-0.15, -0.1) is 0 Å². The highest BCUT2D eigenvalue weighted by Crippen LogP contribution is 2.25. The van der Waals surface area contributed by atoms with Crippen LogP contribution in [0, 0.1) is 0 Å². The van der Waals surface area contributed by atoms with E-state index >= 15 is 0 Å². The first-order valence-corrected chi connectivity index (χ1v) is 10.3. The van der Waals surface area contributed by atoms with Gasteiger partial charge in [0.15, 0.2) is 0 Å². The smallest absolute Gasteiger partial charge is 0.0366 e. The number of hydrogen-bond acceptors (Lipinski definition) is 1. The van der Waals surface area contributed by atoms with Gasteiger partial charge in [0.1, 0.15) is 0 Å². The molecule has 1 fully saturated rings. The Labute approximate surface area is 154 Å². The first-order valence-electron chi connectivity index (χ1n) is 10.3. The van der Waals surface area contributed by atoms with Crippen molar-refractivity contribution in [3.8, 4) is 11.1 Å². The average molecular weight is 336 g/mol. The molecule has 1 heteroatoms. The predicted octanol–water partition coefficient (Wildman–Crippen LogP) is 6.86. The summed E-state index contributed by atoms with van der Waals surface area (Å²) in [5, 5.41) is 0. The van der Waals surface area contributed by atoms with Crippen molar-refractivity contribution < 1.29 is 0 Å². The zero-order chi connectivity index (χ0) is 17.3. The number of piperidine rings is 1. The van der Waals surface area contributed by atoms with Crippen LogP contribution in [-0.2, 0) is 6.42 Å². The summed E-state index contributed by atoms with van der Waals surface area (Å²) < 4.78 is 0. The van der Waals surface area contributed by atoms with E-state index in [4.69, 9.17) is 0 Å². The van der Waals surface area contributed by atoms with E-state index in [9.17, 15) is 0 Å². The van der Waals surface area contributed by atoms with Gasteiger partial charge in [0, 0.05) is 18.8 Å². The molecule has 0 amide bonds. The Morgan fingerprint density at radius 2 is 1.28 bits per heavy atom. The third kappa shape index (κ3) is 5.36. The molecule has 0 spiro atoms. The van der Waals surface area contributed by atoms with Crippen LogP contribution in [0.3, 0.4) is 0 Å². The molecule has 0 saturated carbocycles. The lowest BCUT2D eigenvalue weighted by molar-refractivity contribution is 0.578. The van der Waals surface area contributed by atoms with E-state index in [2.05, 4.69) is 60.4 Å². The molecule has 0 unspecified atom stereocenters. The molecule has 1 aliphatic rings. The van der Waals surface area contributed by atoms with Crippen LogP contribution in [0.1, 0.15) is 63.9 Å². The highest BCUT2D eigenvalue weighted by atomic mass is 15.1. The van der Waals surface area contributed by atoms with Gasteiger partial charge in [0.2, 0.25) is 0 Å². The molecule has 2 aromatic carbocycles. The Morgan fingerprint density at radius 1 is 0.680 bits per heavy atom. The molecule has 0 bridgehead atoms. The van der Waals surface area contributed by atoms with Crippen molar-refractivity contribution in [3.63, 3.8) is 0 Å². The van der Waals surface area contributed by atoms with Crippen LogP contribution in [0.2, 0.25) is 0 Å². The molecule has 134 valence electrons. The zero-order valence-corrected chi connectivity index (χ0v) is 15.8. The molecule has 1 aliphatic heterocycles. The molecule has 2 aromatic rings. The minimum absolute atomic E-state index is 1.21. The SMILES string of the molecule is CCCCCCCc1ccc(-c2ccc(N3CCCCC3)cc2)cc1. The van der Waals surface area contributed by atoms with E-state index < -0.39 is 0 Å². The Balaban J connectivity index is 1.54. The summed E-state index contributed by atoms with van der Waals surface area (Å²) in [6, 6.07) is 18.4. The minimum atomic E-state index is 1.21. The number of nitrogens with zero attached hydrogens (tertiary/aromatic N) is 1. The quantitative estimate of drug-likeness (QED) is 0.476. The van der Waals surface area contributed by atoms with E-state index in [1.54, 1.807) is 0 Å². The third-order valence-electron chi connectivity index (χ3n) is 5.44. The summed E-state index contributed by atoms with van der Waals surface area (Å²) >= 11 is 0. The van der Waals surface area contributed by atoms with Crippen LogP contribution < -0.4 is 4.90 Å². The maximum atomic E-state index is 2.52.